The standard InChI is InChI=1S/C11H13N3O3/c1-6-5-8(12-14(6)3)10-9(11(15)16-4)7(2)17-13-10/h5H,1-4H3. The second kappa shape index (κ2) is 4.04. The zero-order valence-corrected chi connectivity index (χ0v) is 10.1. The lowest BCUT2D eigenvalue weighted by molar-refractivity contribution is 0.0599. The van der Waals surface area contributed by atoms with Gasteiger partial charge in [-0.25, -0.2) is 4.79 Å². The molecule has 17 heavy (non-hydrogen) atoms. The van der Waals surface area contributed by atoms with Crippen LogP contribution in [-0.2, 0) is 11.8 Å². The molecule has 0 aliphatic rings. The summed E-state index contributed by atoms with van der Waals surface area (Å²) in [6.07, 6.45) is 0. The van der Waals surface area contributed by atoms with Crippen molar-refractivity contribution in [3.8, 4) is 11.4 Å². The maximum atomic E-state index is 11.6. The number of rotatable bonds is 2. The summed E-state index contributed by atoms with van der Waals surface area (Å²) < 4.78 is 11.4. The molecule has 2 aromatic rings. The molecule has 0 fully saturated rings. The number of methoxy groups -OCH3 is 1. The van der Waals surface area contributed by atoms with Crippen LogP contribution in [0.5, 0.6) is 0 Å². The molecule has 90 valence electrons. The van der Waals surface area contributed by atoms with Gasteiger partial charge >= 0.3 is 5.97 Å². The molecule has 2 heterocycles. The van der Waals surface area contributed by atoms with E-state index in [0.717, 1.165) is 5.69 Å². The van der Waals surface area contributed by atoms with Crippen LogP contribution in [0, 0.1) is 13.8 Å². The maximum Gasteiger partial charge on any atom is 0.343 e. The van der Waals surface area contributed by atoms with Crippen molar-refractivity contribution in [2.45, 2.75) is 13.8 Å². The average Bonchev–Trinajstić information content (AvgIpc) is 2.82. The molecule has 0 aromatic carbocycles. The van der Waals surface area contributed by atoms with Gasteiger partial charge < -0.3 is 9.26 Å². The molecule has 6 nitrogen and oxygen atoms in total. The van der Waals surface area contributed by atoms with E-state index >= 15 is 0 Å². The summed E-state index contributed by atoms with van der Waals surface area (Å²) >= 11 is 0. The van der Waals surface area contributed by atoms with Crippen LogP contribution in [-0.4, -0.2) is 28.0 Å². The Balaban J connectivity index is 2.56. The van der Waals surface area contributed by atoms with E-state index in [4.69, 9.17) is 9.26 Å². The molecule has 0 unspecified atom stereocenters. The number of hydrogen-bond donors (Lipinski definition) is 0. The molecule has 0 spiro atoms. The van der Waals surface area contributed by atoms with Crippen LogP contribution in [0.1, 0.15) is 21.8 Å². The predicted octanol–water partition coefficient (Wildman–Crippen LogP) is 1.48. The normalized spacial score (nSPS) is 10.6. The molecule has 0 amide bonds. The van der Waals surface area contributed by atoms with Gasteiger partial charge in [-0.1, -0.05) is 5.16 Å². The fraction of sp³-hybridized carbons (Fsp3) is 0.364. The van der Waals surface area contributed by atoms with Gasteiger partial charge in [-0.15, -0.1) is 0 Å². The van der Waals surface area contributed by atoms with Gasteiger partial charge in [0.15, 0.2) is 0 Å². The van der Waals surface area contributed by atoms with Gasteiger partial charge in [0, 0.05) is 12.7 Å². The molecule has 0 saturated heterocycles. The SMILES string of the molecule is COC(=O)c1c(-c2cc(C)n(C)n2)noc1C. The second-order valence-corrected chi connectivity index (χ2v) is 3.75. The summed E-state index contributed by atoms with van der Waals surface area (Å²) in [6.45, 7) is 3.58. The van der Waals surface area contributed by atoms with Gasteiger partial charge in [0.05, 0.1) is 7.11 Å². The van der Waals surface area contributed by atoms with Gasteiger partial charge in [0.25, 0.3) is 0 Å². The monoisotopic (exact) mass is 235 g/mol. The van der Waals surface area contributed by atoms with Gasteiger partial charge in [-0.2, -0.15) is 5.10 Å². The number of carbonyl (C=O) groups is 1. The van der Waals surface area contributed by atoms with Crippen LogP contribution >= 0.6 is 0 Å². The number of aromatic nitrogens is 3. The Morgan fingerprint density at radius 3 is 2.71 bits per heavy atom. The van der Waals surface area contributed by atoms with Gasteiger partial charge in [0.2, 0.25) is 0 Å². The van der Waals surface area contributed by atoms with Crippen molar-refractivity contribution >= 4 is 5.97 Å². The average molecular weight is 235 g/mol. The van der Waals surface area contributed by atoms with Crippen molar-refractivity contribution < 1.29 is 14.1 Å². The quantitative estimate of drug-likeness (QED) is 0.737. The topological polar surface area (TPSA) is 70.2 Å². The zero-order valence-electron chi connectivity index (χ0n) is 10.1. The van der Waals surface area contributed by atoms with E-state index in [2.05, 4.69) is 10.3 Å². The summed E-state index contributed by atoms with van der Waals surface area (Å²) in [5.74, 6) is -0.0442. The lowest BCUT2D eigenvalue weighted by Crippen LogP contribution is -2.04. The highest BCUT2D eigenvalue weighted by Gasteiger charge is 2.23. The van der Waals surface area contributed by atoms with E-state index in [1.807, 2.05) is 20.0 Å². The Bertz CT molecular complexity index is 549. The smallest absolute Gasteiger partial charge is 0.343 e. The number of nitrogens with zero attached hydrogens (tertiary/aromatic N) is 3. The first-order valence-corrected chi connectivity index (χ1v) is 5.10. The number of ether oxygens (including phenoxy) is 1. The van der Waals surface area contributed by atoms with E-state index in [-0.39, 0.29) is 0 Å². The van der Waals surface area contributed by atoms with Gasteiger partial charge in [0.1, 0.15) is 22.7 Å². The third-order valence-corrected chi connectivity index (χ3v) is 2.61. The van der Waals surface area contributed by atoms with Crippen molar-refractivity contribution in [3.05, 3.63) is 23.1 Å². The van der Waals surface area contributed by atoms with Crippen molar-refractivity contribution in [3.63, 3.8) is 0 Å². The van der Waals surface area contributed by atoms with Gasteiger partial charge in [-0.3, -0.25) is 4.68 Å². The molecule has 0 N–H and O–H groups in total. The summed E-state index contributed by atoms with van der Waals surface area (Å²) in [7, 11) is 3.14. The van der Waals surface area contributed by atoms with Crippen molar-refractivity contribution in [2.75, 3.05) is 7.11 Å². The van der Waals surface area contributed by atoms with Crippen molar-refractivity contribution in [1.82, 2.24) is 14.9 Å². The molecule has 2 aromatic heterocycles. The molecule has 0 aliphatic carbocycles. The molecular formula is C11H13N3O3. The highest BCUT2D eigenvalue weighted by atomic mass is 16.5. The van der Waals surface area contributed by atoms with E-state index in [9.17, 15) is 4.79 Å². The highest BCUT2D eigenvalue weighted by Crippen LogP contribution is 2.25. The Morgan fingerprint density at radius 2 is 2.18 bits per heavy atom. The Morgan fingerprint density at radius 1 is 1.47 bits per heavy atom. The number of aryl methyl sites for hydroxylation is 3. The fourth-order valence-corrected chi connectivity index (χ4v) is 1.57. The Hall–Kier alpha value is -2.11. The first-order valence-electron chi connectivity index (χ1n) is 5.10. The van der Waals surface area contributed by atoms with E-state index in [0.29, 0.717) is 22.7 Å². The predicted molar refractivity (Wildman–Crippen MR) is 59.5 cm³/mol. The van der Waals surface area contributed by atoms with Crippen molar-refractivity contribution in [1.29, 1.82) is 0 Å². The second-order valence-electron chi connectivity index (χ2n) is 3.75. The van der Waals surface area contributed by atoms with Crippen LogP contribution in [0.25, 0.3) is 11.4 Å². The minimum absolute atomic E-state index is 0.325. The first-order chi connectivity index (χ1) is 8.04. The lowest BCUT2D eigenvalue weighted by Gasteiger charge is -1.97. The molecule has 0 bridgehead atoms. The zero-order chi connectivity index (χ0) is 12.6. The number of carbonyl (C=O) groups excluding carboxylic acids is 1. The maximum absolute atomic E-state index is 11.6. The van der Waals surface area contributed by atoms with E-state index in [1.54, 1.807) is 11.6 Å². The fourth-order valence-electron chi connectivity index (χ4n) is 1.57. The minimum atomic E-state index is -0.470. The summed E-state index contributed by atoms with van der Waals surface area (Å²) in [4.78, 5) is 11.6. The molecule has 0 radical (unpaired) electrons. The summed E-state index contributed by atoms with van der Waals surface area (Å²) in [5, 5.41) is 8.12. The van der Waals surface area contributed by atoms with Crippen LogP contribution in [0.4, 0.5) is 0 Å². The number of esters is 1. The first kappa shape index (κ1) is 11.4. The number of hydrogen-bond acceptors (Lipinski definition) is 5. The largest absolute Gasteiger partial charge is 0.465 e. The summed E-state index contributed by atoms with van der Waals surface area (Å²) in [6, 6.07) is 1.84. The molecule has 6 heteroatoms. The summed E-state index contributed by atoms with van der Waals surface area (Å²) in [5.41, 5.74) is 2.31. The Kier molecular flexibility index (Phi) is 2.71. The molecule has 0 atom stereocenters. The van der Waals surface area contributed by atoms with Crippen LogP contribution < -0.4 is 0 Å². The van der Waals surface area contributed by atoms with Crippen molar-refractivity contribution in [2.24, 2.45) is 7.05 Å². The third-order valence-electron chi connectivity index (χ3n) is 2.61. The van der Waals surface area contributed by atoms with E-state index < -0.39 is 5.97 Å². The highest BCUT2D eigenvalue weighted by molar-refractivity contribution is 5.96. The van der Waals surface area contributed by atoms with Crippen LogP contribution in [0.15, 0.2) is 10.6 Å². The molecule has 0 saturated carbocycles. The minimum Gasteiger partial charge on any atom is -0.465 e. The van der Waals surface area contributed by atoms with Crippen LogP contribution in [0.2, 0.25) is 0 Å². The van der Waals surface area contributed by atoms with E-state index in [1.165, 1.54) is 7.11 Å². The lowest BCUT2D eigenvalue weighted by atomic mass is 10.1. The third kappa shape index (κ3) is 1.82. The van der Waals surface area contributed by atoms with Crippen LogP contribution in [0.3, 0.4) is 0 Å². The molecule has 2 rings (SSSR count). The molecule has 0 aliphatic heterocycles. The molecular weight excluding hydrogens is 222 g/mol. The Labute approximate surface area is 98.2 Å². The van der Waals surface area contributed by atoms with Gasteiger partial charge in [-0.05, 0) is 19.9 Å².